The van der Waals surface area contributed by atoms with Crippen molar-refractivity contribution in [2.45, 2.75) is 39.0 Å². The molecule has 1 atom stereocenters. The number of aliphatic carboxylic acids is 1. The molecule has 0 saturated carbocycles. The summed E-state index contributed by atoms with van der Waals surface area (Å²) in [6.45, 7) is 3.54. The Bertz CT molecular complexity index is 338. The second-order valence-electron chi connectivity index (χ2n) is 5.44. The molecular formula is C14H26N2O3S. The van der Waals surface area contributed by atoms with Gasteiger partial charge in [0.1, 0.15) is 0 Å². The summed E-state index contributed by atoms with van der Waals surface area (Å²) in [5.74, 6) is 0.340. The molecule has 116 valence electrons. The van der Waals surface area contributed by atoms with Gasteiger partial charge in [0.15, 0.2) is 0 Å². The molecule has 1 aliphatic rings. The Morgan fingerprint density at radius 1 is 1.40 bits per heavy atom. The van der Waals surface area contributed by atoms with Crippen LogP contribution in [0.15, 0.2) is 0 Å². The third-order valence-electron chi connectivity index (χ3n) is 3.87. The Kier molecular flexibility index (Phi) is 7.19. The highest BCUT2D eigenvalue weighted by Crippen LogP contribution is 2.35. The van der Waals surface area contributed by atoms with Gasteiger partial charge in [-0.15, -0.1) is 0 Å². The monoisotopic (exact) mass is 302 g/mol. The number of hydrogen-bond acceptors (Lipinski definition) is 3. The first-order chi connectivity index (χ1) is 9.55. The molecule has 0 spiro atoms. The quantitative estimate of drug-likeness (QED) is 0.676. The van der Waals surface area contributed by atoms with Crippen LogP contribution in [-0.2, 0) is 4.79 Å². The number of urea groups is 1. The van der Waals surface area contributed by atoms with Gasteiger partial charge in [0.2, 0.25) is 0 Å². The van der Waals surface area contributed by atoms with E-state index in [0.717, 1.165) is 25.0 Å². The van der Waals surface area contributed by atoms with Crippen LogP contribution >= 0.6 is 11.8 Å². The van der Waals surface area contributed by atoms with Gasteiger partial charge in [-0.3, -0.25) is 4.79 Å². The topological polar surface area (TPSA) is 69.6 Å². The highest BCUT2D eigenvalue weighted by Gasteiger charge is 2.45. The van der Waals surface area contributed by atoms with Crippen LogP contribution in [0.1, 0.15) is 39.0 Å². The van der Waals surface area contributed by atoms with E-state index in [2.05, 4.69) is 11.6 Å². The van der Waals surface area contributed by atoms with Crippen molar-refractivity contribution in [1.82, 2.24) is 10.2 Å². The van der Waals surface area contributed by atoms with E-state index < -0.39 is 11.4 Å². The van der Waals surface area contributed by atoms with Crippen LogP contribution in [0.2, 0.25) is 0 Å². The summed E-state index contributed by atoms with van der Waals surface area (Å²) in [6, 6.07) is -0.117. The molecular weight excluding hydrogens is 276 g/mol. The van der Waals surface area contributed by atoms with Gasteiger partial charge >= 0.3 is 12.0 Å². The standard InChI is InChI=1S/C14H26N2O3S/c1-3-6-14(12(17)18)7-9-16(11-14)13(19)15-8-4-5-10-20-2/h3-11H2,1-2H3,(H,15,19)(H,17,18). The van der Waals surface area contributed by atoms with Crippen molar-refractivity contribution in [3.05, 3.63) is 0 Å². The second kappa shape index (κ2) is 8.39. The first kappa shape index (κ1) is 17.1. The van der Waals surface area contributed by atoms with Crippen LogP contribution in [0.3, 0.4) is 0 Å². The van der Waals surface area contributed by atoms with Gasteiger partial charge in [0, 0.05) is 19.6 Å². The van der Waals surface area contributed by atoms with Gasteiger partial charge in [0.25, 0.3) is 0 Å². The summed E-state index contributed by atoms with van der Waals surface area (Å²) in [5.41, 5.74) is -0.731. The number of nitrogens with zero attached hydrogens (tertiary/aromatic N) is 1. The molecule has 1 rings (SSSR count). The van der Waals surface area contributed by atoms with E-state index in [9.17, 15) is 14.7 Å². The minimum atomic E-state index is -0.769. The van der Waals surface area contributed by atoms with Crippen molar-refractivity contribution >= 4 is 23.8 Å². The van der Waals surface area contributed by atoms with Gasteiger partial charge in [0.05, 0.1) is 5.41 Å². The summed E-state index contributed by atoms with van der Waals surface area (Å²) < 4.78 is 0. The van der Waals surface area contributed by atoms with Crippen molar-refractivity contribution in [3.8, 4) is 0 Å². The maximum absolute atomic E-state index is 12.0. The van der Waals surface area contributed by atoms with E-state index in [1.807, 2.05) is 6.92 Å². The summed E-state index contributed by atoms with van der Waals surface area (Å²) in [7, 11) is 0. The molecule has 5 nitrogen and oxygen atoms in total. The van der Waals surface area contributed by atoms with Gasteiger partial charge in [-0.1, -0.05) is 13.3 Å². The van der Waals surface area contributed by atoms with E-state index >= 15 is 0 Å². The van der Waals surface area contributed by atoms with E-state index in [0.29, 0.717) is 32.5 Å². The molecule has 1 fully saturated rings. The van der Waals surface area contributed by atoms with Crippen LogP contribution < -0.4 is 5.32 Å². The Hall–Kier alpha value is -0.910. The van der Waals surface area contributed by atoms with Crippen LogP contribution in [0.5, 0.6) is 0 Å². The molecule has 0 aromatic rings. The number of carbonyl (C=O) groups excluding carboxylic acids is 1. The number of rotatable bonds is 8. The Labute approximate surface area is 125 Å². The first-order valence-electron chi connectivity index (χ1n) is 7.31. The van der Waals surface area contributed by atoms with Crippen LogP contribution in [-0.4, -0.2) is 53.6 Å². The second-order valence-corrected chi connectivity index (χ2v) is 6.42. The van der Waals surface area contributed by atoms with E-state index in [4.69, 9.17) is 0 Å². The third kappa shape index (κ3) is 4.58. The summed E-state index contributed by atoms with van der Waals surface area (Å²) in [6.07, 6.45) is 6.17. The molecule has 0 aromatic heterocycles. The van der Waals surface area contributed by atoms with Gasteiger partial charge in [-0.25, -0.2) is 4.79 Å². The first-order valence-corrected chi connectivity index (χ1v) is 8.70. The molecule has 0 aliphatic carbocycles. The number of thioether (sulfide) groups is 1. The SMILES string of the molecule is CCCC1(C(=O)O)CCN(C(=O)NCCCCSC)C1. The molecule has 20 heavy (non-hydrogen) atoms. The van der Waals surface area contributed by atoms with Crippen LogP contribution in [0.25, 0.3) is 0 Å². The number of nitrogens with one attached hydrogen (secondary N) is 1. The molecule has 6 heteroatoms. The van der Waals surface area contributed by atoms with Crippen LogP contribution in [0.4, 0.5) is 4.79 Å². The van der Waals surface area contributed by atoms with Crippen molar-refractivity contribution in [2.24, 2.45) is 5.41 Å². The van der Waals surface area contributed by atoms with E-state index in [-0.39, 0.29) is 6.03 Å². The van der Waals surface area contributed by atoms with Gasteiger partial charge in [-0.2, -0.15) is 11.8 Å². The number of carbonyl (C=O) groups is 2. The van der Waals surface area contributed by atoms with Gasteiger partial charge < -0.3 is 15.3 Å². The maximum atomic E-state index is 12.0. The Morgan fingerprint density at radius 3 is 2.75 bits per heavy atom. The average molecular weight is 302 g/mol. The lowest BCUT2D eigenvalue weighted by molar-refractivity contribution is -0.148. The van der Waals surface area contributed by atoms with Crippen molar-refractivity contribution in [3.63, 3.8) is 0 Å². The zero-order chi connectivity index (χ0) is 15.0. The summed E-state index contributed by atoms with van der Waals surface area (Å²) >= 11 is 1.81. The maximum Gasteiger partial charge on any atom is 0.317 e. The Balaban J connectivity index is 2.38. The minimum Gasteiger partial charge on any atom is -0.481 e. The molecule has 0 aromatic carbocycles. The number of carboxylic acid groups (broad SMARTS) is 1. The third-order valence-corrected chi connectivity index (χ3v) is 4.57. The molecule has 1 heterocycles. The number of carboxylic acids is 1. The molecule has 2 amide bonds. The normalized spacial score (nSPS) is 22.0. The van der Waals surface area contributed by atoms with Crippen LogP contribution in [0, 0.1) is 5.41 Å². The lowest BCUT2D eigenvalue weighted by Crippen LogP contribution is -2.42. The average Bonchev–Trinajstić information content (AvgIpc) is 2.84. The fourth-order valence-corrected chi connectivity index (χ4v) is 3.18. The number of amides is 2. The van der Waals surface area contributed by atoms with Crippen molar-refractivity contribution in [2.75, 3.05) is 31.6 Å². The number of likely N-dealkylation sites (tertiary alicyclic amines) is 1. The molecule has 0 radical (unpaired) electrons. The highest BCUT2D eigenvalue weighted by molar-refractivity contribution is 7.98. The largest absolute Gasteiger partial charge is 0.481 e. The Morgan fingerprint density at radius 2 is 2.15 bits per heavy atom. The fraction of sp³-hybridized carbons (Fsp3) is 0.857. The number of unbranched alkanes of at least 4 members (excludes halogenated alkanes) is 1. The summed E-state index contributed by atoms with van der Waals surface area (Å²) in [5, 5.41) is 12.3. The highest BCUT2D eigenvalue weighted by atomic mass is 32.2. The van der Waals surface area contributed by atoms with Crippen molar-refractivity contribution in [1.29, 1.82) is 0 Å². The smallest absolute Gasteiger partial charge is 0.317 e. The predicted molar refractivity (Wildman–Crippen MR) is 82.2 cm³/mol. The molecule has 0 bridgehead atoms. The van der Waals surface area contributed by atoms with E-state index in [1.165, 1.54) is 0 Å². The number of hydrogen-bond donors (Lipinski definition) is 2. The fourth-order valence-electron chi connectivity index (χ4n) is 2.69. The van der Waals surface area contributed by atoms with Crippen molar-refractivity contribution < 1.29 is 14.7 Å². The zero-order valence-electron chi connectivity index (χ0n) is 12.5. The molecule has 2 N–H and O–H groups in total. The predicted octanol–water partition coefficient (Wildman–Crippen LogP) is 2.42. The lowest BCUT2D eigenvalue weighted by atomic mass is 9.83. The molecule has 1 saturated heterocycles. The minimum absolute atomic E-state index is 0.117. The van der Waals surface area contributed by atoms with E-state index in [1.54, 1.807) is 16.7 Å². The molecule has 1 unspecified atom stereocenters. The summed E-state index contributed by atoms with van der Waals surface area (Å²) in [4.78, 5) is 25.1. The van der Waals surface area contributed by atoms with Gasteiger partial charge in [-0.05, 0) is 37.7 Å². The zero-order valence-corrected chi connectivity index (χ0v) is 13.3. The molecule has 1 aliphatic heterocycles. The lowest BCUT2D eigenvalue weighted by Gasteiger charge is -2.24.